The van der Waals surface area contributed by atoms with Crippen LogP contribution in [0.2, 0.25) is 10.0 Å². The maximum absolute atomic E-state index is 13.7. The highest BCUT2D eigenvalue weighted by atomic mass is 35.5. The van der Waals surface area contributed by atoms with Gasteiger partial charge in [0.15, 0.2) is 11.5 Å². The van der Waals surface area contributed by atoms with Crippen LogP contribution in [-0.4, -0.2) is 92.9 Å². The number of likely N-dealkylation sites (N-methyl/N-ethyl adjacent to an activating group) is 1. The molecule has 0 aliphatic carbocycles. The summed E-state index contributed by atoms with van der Waals surface area (Å²) in [5.41, 5.74) is 3.46. The van der Waals surface area contributed by atoms with E-state index in [0.717, 1.165) is 68.1 Å². The van der Waals surface area contributed by atoms with Crippen LogP contribution in [0.5, 0.6) is 17.2 Å². The number of imidazole rings is 1. The molecule has 1 atom stereocenters. The second kappa shape index (κ2) is 16.3. The van der Waals surface area contributed by atoms with Gasteiger partial charge in [0.05, 0.1) is 54.9 Å². The van der Waals surface area contributed by atoms with Gasteiger partial charge in [-0.15, -0.1) is 0 Å². The maximum Gasteiger partial charge on any atom is 0.253 e. The van der Waals surface area contributed by atoms with E-state index in [2.05, 4.69) is 26.5 Å². The van der Waals surface area contributed by atoms with Crippen molar-refractivity contribution in [1.29, 1.82) is 5.26 Å². The van der Waals surface area contributed by atoms with E-state index in [1.807, 2.05) is 36.4 Å². The van der Waals surface area contributed by atoms with E-state index in [4.69, 9.17) is 42.4 Å². The van der Waals surface area contributed by atoms with E-state index in [9.17, 15) is 10.1 Å². The van der Waals surface area contributed by atoms with Gasteiger partial charge in [0.1, 0.15) is 0 Å². The minimum Gasteiger partial charge on any atom is -0.493 e. The molecule has 0 bridgehead atoms. The number of carbonyl (C=O) groups excluding carboxylic acids is 1. The molecule has 0 radical (unpaired) electrons. The number of nitriles is 1. The van der Waals surface area contributed by atoms with Crippen molar-refractivity contribution < 1.29 is 19.0 Å². The van der Waals surface area contributed by atoms with Crippen LogP contribution in [-0.2, 0) is 6.54 Å². The number of fused-ring (bicyclic) bond motifs is 1. The molecule has 1 saturated heterocycles. The van der Waals surface area contributed by atoms with Crippen LogP contribution in [0.4, 0.5) is 5.95 Å². The number of methoxy groups -OCH3 is 3. The Balaban J connectivity index is 1.31. The standard InChI is InChI=1S/C36H42Cl2N6O4/c1-41(35(45)27-22-32(46-2)34(48-4)33(23-27)47-3)24-26(25-11-12-28(37)29(38)21-25)13-18-42-15-8-16-43(20-19-42)36-40-30-9-5-6-10-31(30)44(36)17-7-14-39/h5-6,9-12,21-23,26H,7-8,13,15-20,24H2,1-4H3. The quantitative estimate of drug-likeness (QED) is 0.152. The molecule has 3 aromatic carbocycles. The molecule has 1 aromatic heterocycles. The normalized spacial score (nSPS) is 14.3. The lowest BCUT2D eigenvalue weighted by Gasteiger charge is -2.28. The monoisotopic (exact) mass is 692 g/mol. The van der Waals surface area contributed by atoms with Crippen LogP contribution in [0.1, 0.15) is 41.1 Å². The molecule has 0 saturated carbocycles. The molecule has 0 spiro atoms. The zero-order valence-corrected chi connectivity index (χ0v) is 29.4. The summed E-state index contributed by atoms with van der Waals surface area (Å²) in [6, 6.07) is 19.4. The number of hydrogen-bond donors (Lipinski definition) is 0. The minimum atomic E-state index is -0.163. The zero-order chi connectivity index (χ0) is 34.2. The number of hydrogen-bond acceptors (Lipinski definition) is 8. The molecule has 0 N–H and O–H groups in total. The molecule has 254 valence electrons. The van der Waals surface area contributed by atoms with Crippen molar-refractivity contribution in [3.63, 3.8) is 0 Å². The van der Waals surface area contributed by atoms with E-state index in [0.29, 0.717) is 52.4 Å². The Morgan fingerprint density at radius 1 is 0.958 bits per heavy atom. The fraction of sp³-hybridized carbons (Fsp3) is 0.417. The van der Waals surface area contributed by atoms with Gasteiger partial charge in [-0.05, 0) is 67.9 Å². The van der Waals surface area contributed by atoms with Gasteiger partial charge < -0.3 is 33.5 Å². The van der Waals surface area contributed by atoms with Gasteiger partial charge >= 0.3 is 0 Å². The fourth-order valence-corrected chi connectivity index (χ4v) is 6.69. The highest BCUT2D eigenvalue weighted by molar-refractivity contribution is 6.42. The number of amides is 1. The Labute approximate surface area is 292 Å². The fourth-order valence-electron chi connectivity index (χ4n) is 6.39. The number of aryl methyl sites for hydroxylation is 1. The molecule has 48 heavy (non-hydrogen) atoms. The average Bonchev–Trinajstić information content (AvgIpc) is 3.30. The third-order valence-electron chi connectivity index (χ3n) is 8.91. The van der Waals surface area contributed by atoms with Gasteiger partial charge in [-0.3, -0.25) is 4.79 Å². The van der Waals surface area contributed by atoms with Gasteiger partial charge in [-0.1, -0.05) is 41.4 Å². The largest absolute Gasteiger partial charge is 0.493 e. The number of halogens is 2. The molecule has 10 nitrogen and oxygen atoms in total. The lowest BCUT2D eigenvalue weighted by atomic mass is 9.94. The summed E-state index contributed by atoms with van der Waals surface area (Å²) in [5, 5.41) is 10.3. The molecule has 1 unspecified atom stereocenters. The number of benzene rings is 3. The zero-order valence-electron chi connectivity index (χ0n) is 27.9. The van der Waals surface area contributed by atoms with Gasteiger partial charge in [0.2, 0.25) is 11.7 Å². The molecule has 12 heteroatoms. The highest BCUT2D eigenvalue weighted by Crippen LogP contribution is 2.39. The number of aromatic nitrogens is 2. The summed E-state index contributed by atoms with van der Waals surface area (Å²) >= 11 is 12.8. The van der Waals surface area contributed by atoms with Crippen LogP contribution in [0.15, 0.2) is 54.6 Å². The molecular weight excluding hydrogens is 651 g/mol. The predicted molar refractivity (Wildman–Crippen MR) is 190 cm³/mol. The minimum absolute atomic E-state index is 0.00490. The second-order valence-electron chi connectivity index (χ2n) is 11.9. The summed E-state index contributed by atoms with van der Waals surface area (Å²) in [7, 11) is 6.40. The Bertz CT molecular complexity index is 1750. The van der Waals surface area contributed by atoms with Crippen molar-refractivity contribution in [3.8, 4) is 23.3 Å². The molecule has 4 aromatic rings. The van der Waals surface area contributed by atoms with Crippen LogP contribution >= 0.6 is 23.2 Å². The Morgan fingerprint density at radius 3 is 2.40 bits per heavy atom. The second-order valence-corrected chi connectivity index (χ2v) is 12.7. The van der Waals surface area contributed by atoms with Crippen LogP contribution in [0.25, 0.3) is 11.0 Å². The number of ether oxygens (including phenoxy) is 3. The first-order chi connectivity index (χ1) is 23.3. The van der Waals surface area contributed by atoms with Crippen molar-refractivity contribution in [2.45, 2.75) is 31.7 Å². The Kier molecular flexibility index (Phi) is 11.9. The maximum atomic E-state index is 13.7. The third-order valence-corrected chi connectivity index (χ3v) is 9.65. The summed E-state index contributed by atoms with van der Waals surface area (Å²) in [4.78, 5) is 25.3. The first-order valence-electron chi connectivity index (χ1n) is 16.1. The van der Waals surface area contributed by atoms with Gasteiger partial charge in [-0.25, -0.2) is 4.98 Å². The SMILES string of the molecule is COc1cc(C(=O)N(C)CC(CCN2CCCN(c3nc4ccccc4n3CCC#N)CC2)c2ccc(Cl)c(Cl)c2)cc(OC)c1OC. The molecular formula is C36H42Cl2N6O4. The van der Waals surface area contributed by atoms with E-state index < -0.39 is 0 Å². The van der Waals surface area contributed by atoms with E-state index in [-0.39, 0.29) is 11.8 Å². The van der Waals surface area contributed by atoms with Crippen molar-refractivity contribution in [1.82, 2.24) is 19.4 Å². The molecule has 1 amide bonds. The molecule has 1 aliphatic heterocycles. The lowest BCUT2D eigenvalue weighted by Crippen LogP contribution is -2.35. The highest BCUT2D eigenvalue weighted by Gasteiger charge is 2.25. The number of carbonyl (C=O) groups is 1. The number of anilines is 1. The van der Waals surface area contributed by atoms with Crippen molar-refractivity contribution in [2.75, 3.05) is 72.5 Å². The van der Waals surface area contributed by atoms with Crippen LogP contribution in [0, 0.1) is 11.3 Å². The van der Waals surface area contributed by atoms with Crippen molar-refractivity contribution >= 4 is 46.1 Å². The van der Waals surface area contributed by atoms with Crippen LogP contribution < -0.4 is 19.1 Å². The Morgan fingerprint density at radius 2 is 1.71 bits per heavy atom. The van der Waals surface area contributed by atoms with E-state index >= 15 is 0 Å². The number of nitrogens with zero attached hydrogens (tertiary/aromatic N) is 6. The summed E-state index contributed by atoms with van der Waals surface area (Å²) < 4.78 is 18.6. The molecule has 1 aliphatic rings. The smallest absolute Gasteiger partial charge is 0.253 e. The van der Waals surface area contributed by atoms with Gasteiger partial charge in [0, 0.05) is 51.3 Å². The van der Waals surface area contributed by atoms with Gasteiger partial charge in [-0.2, -0.15) is 5.26 Å². The topological polar surface area (TPSA) is 96.1 Å². The third kappa shape index (κ3) is 7.92. The molecule has 1 fully saturated rings. The summed E-state index contributed by atoms with van der Waals surface area (Å²) in [5.74, 6) is 2.04. The Hall–Kier alpha value is -4.17. The van der Waals surface area contributed by atoms with Crippen molar-refractivity contribution in [2.24, 2.45) is 0 Å². The number of para-hydroxylation sites is 2. The lowest BCUT2D eigenvalue weighted by molar-refractivity contribution is 0.0782. The molecule has 5 rings (SSSR count). The van der Waals surface area contributed by atoms with E-state index in [1.54, 1.807) is 24.1 Å². The first-order valence-corrected chi connectivity index (χ1v) is 16.8. The van der Waals surface area contributed by atoms with Gasteiger partial charge in [0.25, 0.3) is 5.91 Å². The number of rotatable bonds is 13. The first kappa shape index (κ1) is 35.1. The summed E-state index contributed by atoms with van der Waals surface area (Å²) in [6.45, 7) is 5.45. The average molecular weight is 694 g/mol. The summed E-state index contributed by atoms with van der Waals surface area (Å²) in [6.07, 6.45) is 2.23. The predicted octanol–water partition coefficient (Wildman–Crippen LogP) is 6.74. The molecule has 2 heterocycles. The van der Waals surface area contributed by atoms with E-state index in [1.165, 1.54) is 21.3 Å². The van der Waals surface area contributed by atoms with Crippen LogP contribution in [0.3, 0.4) is 0 Å². The van der Waals surface area contributed by atoms with Crippen molar-refractivity contribution in [3.05, 3.63) is 75.8 Å².